The summed E-state index contributed by atoms with van der Waals surface area (Å²) in [5, 5.41) is 2.80. The number of benzene rings is 4. The molecule has 0 amide bonds. The molecule has 43 heavy (non-hydrogen) atoms. The summed E-state index contributed by atoms with van der Waals surface area (Å²) in [4.78, 5) is 35.7. The van der Waals surface area contributed by atoms with Gasteiger partial charge >= 0.3 is 5.97 Å². The lowest BCUT2D eigenvalue weighted by Crippen LogP contribution is -2.14. The molecule has 0 aliphatic rings. The molecule has 0 saturated carbocycles. The van der Waals surface area contributed by atoms with Gasteiger partial charge in [0.25, 0.3) is 5.56 Å². The molecule has 2 heterocycles. The lowest BCUT2D eigenvalue weighted by atomic mass is 10.2. The van der Waals surface area contributed by atoms with Crippen molar-refractivity contribution >= 4 is 132 Å². The highest BCUT2D eigenvalue weighted by atomic mass is 79.9. The maximum atomic E-state index is 12.7. The number of nitrogens with one attached hydrogen (secondary N) is 1. The summed E-state index contributed by atoms with van der Waals surface area (Å²) in [5.74, 6) is 0.0766. The molecule has 0 atom stereocenters. The van der Waals surface area contributed by atoms with Crippen molar-refractivity contribution in [2.75, 3.05) is 18.6 Å². The minimum absolute atomic E-state index is 0.0792. The number of H-pyrrole nitrogens is 1. The molecule has 0 aliphatic carbocycles. The van der Waals surface area contributed by atoms with E-state index in [-0.39, 0.29) is 5.56 Å². The number of isothiocyanates is 1. The quantitative estimate of drug-likeness (QED) is 0.0688. The SMILES string of the molecule is COC(=O)c1cc(Br)cc(Br)c1N=C=S.Nc1ccccc1N.O=c1c2cc(Br)cc(Br)c2nc2[nH]c3ccccc3n12. The molecule has 218 valence electrons. The Morgan fingerprint density at radius 3 is 2.19 bits per heavy atom. The topological polar surface area (TPSA) is 141 Å². The van der Waals surface area contributed by atoms with Gasteiger partial charge in [-0.2, -0.15) is 4.99 Å². The molecule has 9 nitrogen and oxygen atoms in total. The number of imidazole rings is 1. The zero-order valence-corrected chi connectivity index (χ0v) is 29.2. The fraction of sp³-hybridized carbons (Fsp3) is 0.0345. The van der Waals surface area contributed by atoms with Crippen LogP contribution >= 0.6 is 75.9 Å². The molecule has 0 bridgehead atoms. The number of hydrogen-bond acceptors (Lipinski definition) is 8. The molecular formula is C29H20Br4N6O3S. The number of aromatic amines is 1. The average molecular weight is 852 g/mol. The number of hydrogen-bond donors (Lipinski definition) is 3. The maximum absolute atomic E-state index is 12.7. The zero-order valence-electron chi connectivity index (χ0n) is 22.1. The first-order chi connectivity index (χ1) is 20.5. The molecule has 6 rings (SSSR count). The fourth-order valence-electron chi connectivity index (χ4n) is 3.92. The van der Waals surface area contributed by atoms with E-state index in [2.05, 4.69) is 101 Å². The van der Waals surface area contributed by atoms with E-state index in [4.69, 9.17) is 11.5 Å². The number of nitrogens with zero attached hydrogens (tertiary/aromatic N) is 3. The van der Waals surface area contributed by atoms with Gasteiger partial charge in [-0.15, -0.1) is 0 Å². The van der Waals surface area contributed by atoms with Crippen LogP contribution in [-0.4, -0.2) is 32.6 Å². The molecule has 2 aromatic heterocycles. The number of thiocarbonyl (C=S) groups is 1. The Hall–Kier alpha value is -3.39. The third kappa shape index (κ3) is 7.40. The molecule has 0 spiro atoms. The number of methoxy groups -OCH3 is 1. The van der Waals surface area contributed by atoms with Gasteiger partial charge in [0.2, 0.25) is 5.78 Å². The number of rotatable bonds is 2. The number of carbonyl (C=O) groups excluding carboxylic acids is 1. The summed E-state index contributed by atoms with van der Waals surface area (Å²) >= 11 is 17.9. The van der Waals surface area contributed by atoms with Gasteiger partial charge < -0.3 is 21.2 Å². The number of fused-ring (bicyclic) bond motifs is 4. The van der Waals surface area contributed by atoms with Crippen LogP contribution in [0.2, 0.25) is 0 Å². The van der Waals surface area contributed by atoms with Crippen LogP contribution in [0.15, 0.2) is 100 Å². The van der Waals surface area contributed by atoms with Crippen LogP contribution in [-0.2, 0) is 4.74 Å². The molecule has 5 N–H and O–H groups in total. The smallest absolute Gasteiger partial charge is 0.340 e. The number of halogens is 4. The van der Waals surface area contributed by atoms with E-state index in [0.29, 0.717) is 43.8 Å². The lowest BCUT2D eigenvalue weighted by molar-refractivity contribution is 0.0601. The summed E-state index contributed by atoms with van der Waals surface area (Å²) < 4.78 is 9.27. The van der Waals surface area contributed by atoms with Crippen molar-refractivity contribution < 1.29 is 9.53 Å². The number of aliphatic imine (C=N–C) groups is 1. The second-order valence-electron chi connectivity index (χ2n) is 8.61. The van der Waals surface area contributed by atoms with E-state index < -0.39 is 5.97 Å². The Labute approximate surface area is 283 Å². The van der Waals surface area contributed by atoms with Gasteiger partial charge in [0.15, 0.2) is 0 Å². The second-order valence-corrected chi connectivity index (χ2v) is 12.3. The number of esters is 1. The summed E-state index contributed by atoms with van der Waals surface area (Å²) in [6.45, 7) is 0. The van der Waals surface area contributed by atoms with Crippen molar-refractivity contribution in [3.63, 3.8) is 0 Å². The van der Waals surface area contributed by atoms with Gasteiger partial charge in [-0.3, -0.25) is 4.79 Å². The number of nitrogens with two attached hydrogens (primary N) is 2. The van der Waals surface area contributed by atoms with Crippen LogP contribution in [0.25, 0.3) is 27.7 Å². The van der Waals surface area contributed by atoms with Gasteiger partial charge in [-0.25, -0.2) is 14.2 Å². The molecule has 6 aromatic rings. The van der Waals surface area contributed by atoms with Crippen LogP contribution in [0, 0.1) is 0 Å². The van der Waals surface area contributed by atoms with E-state index in [1.165, 1.54) is 7.11 Å². The Bertz CT molecular complexity index is 2090. The molecule has 0 fully saturated rings. The van der Waals surface area contributed by atoms with Gasteiger partial charge in [0.05, 0.1) is 51.1 Å². The van der Waals surface area contributed by atoms with Crippen LogP contribution in [0.5, 0.6) is 0 Å². The second kappa shape index (κ2) is 14.4. The van der Waals surface area contributed by atoms with Crippen LogP contribution < -0.4 is 17.0 Å². The van der Waals surface area contributed by atoms with Gasteiger partial charge in [-0.05, 0) is 92.6 Å². The number of aromatic nitrogens is 3. The number of ether oxygens (including phenoxy) is 1. The molecule has 0 saturated heterocycles. The third-order valence-corrected chi connectivity index (χ3v) is 8.09. The van der Waals surface area contributed by atoms with E-state index >= 15 is 0 Å². The number of carbonyl (C=O) groups is 1. The van der Waals surface area contributed by atoms with Crippen LogP contribution in [0.4, 0.5) is 17.1 Å². The highest BCUT2D eigenvalue weighted by Crippen LogP contribution is 2.33. The largest absolute Gasteiger partial charge is 0.465 e. The number of nitrogen functional groups attached to an aromatic ring is 2. The Kier molecular flexibility index (Phi) is 10.9. The van der Waals surface area contributed by atoms with Gasteiger partial charge in [0, 0.05) is 17.9 Å². The summed E-state index contributed by atoms with van der Waals surface area (Å²) in [6, 6.07) is 22.0. The van der Waals surface area contributed by atoms with Crippen molar-refractivity contribution in [1.82, 2.24) is 14.4 Å². The molecule has 0 radical (unpaired) electrons. The minimum atomic E-state index is -0.471. The van der Waals surface area contributed by atoms with E-state index in [1.54, 1.807) is 34.7 Å². The van der Waals surface area contributed by atoms with Crippen LogP contribution in [0.1, 0.15) is 10.4 Å². The maximum Gasteiger partial charge on any atom is 0.340 e. The highest BCUT2D eigenvalue weighted by molar-refractivity contribution is 9.11. The average Bonchev–Trinajstić information content (AvgIpc) is 3.36. The van der Waals surface area contributed by atoms with E-state index in [0.717, 1.165) is 24.5 Å². The van der Waals surface area contributed by atoms with E-state index in [9.17, 15) is 9.59 Å². The molecule has 0 unspecified atom stereocenters. The van der Waals surface area contributed by atoms with E-state index in [1.807, 2.05) is 42.5 Å². The van der Waals surface area contributed by atoms with Crippen molar-refractivity contribution in [3.05, 3.63) is 107 Å². The standard InChI is InChI=1S/C14H7Br2N3O.C9H5Br2NO2S.C6H8N2/c15-7-5-8-12(9(16)6-7)18-14-17-10-3-1-2-4-11(10)19(14)13(8)20;1-14-9(13)6-2-5(10)3-7(11)8(6)12-4-15;7-5-3-1-2-4-6(5)8/h1-6H,(H,17,18);2-3H,1H3;1-4H,7-8H2. The van der Waals surface area contributed by atoms with Crippen LogP contribution in [0.3, 0.4) is 0 Å². The van der Waals surface area contributed by atoms with Crippen molar-refractivity contribution in [2.24, 2.45) is 4.99 Å². The Morgan fingerprint density at radius 2 is 1.56 bits per heavy atom. The monoisotopic (exact) mass is 848 g/mol. The molecular weight excluding hydrogens is 832 g/mol. The Morgan fingerprint density at radius 1 is 0.953 bits per heavy atom. The van der Waals surface area contributed by atoms with Gasteiger partial charge in [-0.1, -0.05) is 56.1 Å². The summed E-state index contributed by atoms with van der Waals surface area (Å²) in [5.41, 5.74) is 15.1. The molecule has 4 aromatic carbocycles. The summed E-state index contributed by atoms with van der Waals surface area (Å²) in [6.07, 6.45) is 0. The molecule has 0 aliphatic heterocycles. The first-order valence-electron chi connectivity index (χ1n) is 12.1. The highest BCUT2D eigenvalue weighted by Gasteiger charge is 2.15. The third-order valence-electron chi connectivity index (χ3n) is 5.87. The zero-order chi connectivity index (χ0) is 31.3. The minimum Gasteiger partial charge on any atom is -0.465 e. The predicted molar refractivity (Wildman–Crippen MR) is 189 cm³/mol. The Balaban J connectivity index is 0.000000162. The number of para-hydroxylation sites is 4. The van der Waals surface area contributed by atoms with Crippen molar-refractivity contribution in [3.8, 4) is 0 Å². The normalized spacial score (nSPS) is 10.3. The van der Waals surface area contributed by atoms with Crippen molar-refractivity contribution in [1.29, 1.82) is 0 Å². The lowest BCUT2D eigenvalue weighted by Gasteiger charge is -2.05. The fourth-order valence-corrected chi connectivity index (χ4v) is 6.64. The molecule has 14 heteroatoms. The number of anilines is 2. The first-order valence-corrected chi connectivity index (χ1v) is 15.7. The van der Waals surface area contributed by atoms with Gasteiger partial charge in [0.1, 0.15) is 5.69 Å². The first kappa shape index (κ1) is 32.5. The predicted octanol–water partition coefficient (Wildman–Crippen LogP) is 8.44. The van der Waals surface area contributed by atoms with Crippen molar-refractivity contribution in [2.45, 2.75) is 0 Å². The summed E-state index contributed by atoms with van der Waals surface area (Å²) in [7, 11) is 1.31.